The summed E-state index contributed by atoms with van der Waals surface area (Å²) in [6.45, 7) is 1.94. The Morgan fingerprint density at radius 1 is 0.875 bits per heavy atom. The van der Waals surface area contributed by atoms with E-state index in [2.05, 4.69) is 0 Å². The van der Waals surface area contributed by atoms with Crippen molar-refractivity contribution in [3.05, 3.63) is 54.1 Å². The average Bonchev–Trinajstić information content (AvgIpc) is 2.17. The van der Waals surface area contributed by atoms with Crippen LogP contribution in [0.15, 0.2) is 48.5 Å². The Morgan fingerprint density at radius 3 is 1.75 bits per heavy atom. The molecule has 3 nitrogen and oxygen atoms in total. The van der Waals surface area contributed by atoms with Crippen molar-refractivity contribution in [2.45, 2.75) is 6.92 Å². The van der Waals surface area contributed by atoms with Gasteiger partial charge in [0.2, 0.25) is 0 Å². The third-order valence-electron chi connectivity index (χ3n) is 1.87. The van der Waals surface area contributed by atoms with Gasteiger partial charge in [-0.1, -0.05) is 18.2 Å². The molecule has 2 aromatic rings. The molecule has 4 N–H and O–H groups in total. The second-order valence-corrected chi connectivity index (χ2v) is 3.43. The monoisotopic (exact) mass is 217 g/mol. The van der Waals surface area contributed by atoms with Crippen LogP contribution in [0, 0.1) is 6.92 Å². The Morgan fingerprint density at radius 2 is 1.44 bits per heavy atom. The van der Waals surface area contributed by atoms with Gasteiger partial charge in [0, 0.05) is 11.8 Å². The number of hydrogen-bond acceptors (Lipinski definition) is 3. The Labute approximate surface area is 94.8 Å². The number of anilines is 1. The highest BCUT2D eigenvalue weighted by Crippen LogP contribution is 2.11. The molecule has 3 heteroatoms. The number of hydrogen-bond donors (Lipinski definition) is 3. The molecule has 0 amide bonds. The zero-order chi connectivity index (χ0) is 12.0. The molecule has 0 saturated carbocycles. The van der Waals surface area contributed by atoms with Crippen LogP contribution in [-0.2, 0) is 0 Å². The van der Waals surface area contributed by atoms with Gasteiger partial charge in [-0.05, 0) is 36.8 Å². The maximum Gasteiger partial charge on any atom is 0.117 e. The van der Waals surface area contributed by atoms with Crippen molar-refractivity contribution >= 4 is 5.69 Å². The SMILES string of the molecule is Cc1cccc(O)c1.Nc1cccc(O)c1. The molecular weight excluding hydrogens is 202 g/mol. The van der Waals surface area contributed by atoms with E-state index >= 15 is 0 Å². The summed E-state index contributed by atoms with van der Waals surface area (Å²) in [5.74, 6) is 0.551. The van der Waals surface area contributed by atoms with Gasteiger partial charge in [-0.15, -0.1) is 0 Å². The van der Waals surface area contributed by atoms with Crippen molar-refractivity contribution in [2.24, 2.45) is 0 Å². The topological polar surface area (TPSA) is 66.5 Å². The van der Waals surface area contributed by atoms with Crippen molar-refractivity contribution in [3.63, 3.8) is 0 Å². The standard InChI is InChI=1S/C7H8O.C6H7NO/c1-6-3-2-4-7(8)5-6;7-5-2-1-3-6(8)4-5/h2-5,8H,1H3;1-4,8H,7H2. The number of phenolic OH excluding ortho intramolecular Hbond substituents is 2. The van der Waals surface area contributed by atoms with Crippen LogP contribution in [0.3, 0.4) is 0 Å². The number of phenols is 2. The molecule has 0 aliphatic heterocycles. The molecule has 84 valence electrons. The number of nitrogens with two attached hydrogens (primary N) is 1. The summed E-state index contributed by atoms with van der Waals surface area (Å²) in [6.07, 6.45) is 0. The van der Waals surface area contributed by atoms with E-state index in [-0.39, 0.29) is 5.75 Å². The number of aromatic hydroxyl groups is 2. The van der Waals surface area contributed by atoms with Crippen LogP contribution < -0.4 is 5.73 Å². The van der Waals surface area contributed by atoms with Crippen molar-refractivity contribution in [2.75, 3.05) is 5.73 Å². The van der Waals surface area contributed by atoms with Crippen molar-refractivity contribution in [3.8, 4) is 11.5 Å². The summed E-state index contributed by atoms with van der Waals surface area (Å²) in [5.41, 5.74) is 6.97. The smallest absolute Gasteiger partial charge is 0.117 e. The fraction of sp³-hybridized carbons (Fsp3) is 0.0769. The second kappa shape index (κ2) is 5.66. The Balaban J connectivity index is 0.000000160. The van der Waals surface area contributed by atoms with Gasteiger partial charge in [0.05, 0.1) is 0 Å². The molecule has 2 aromatic carbocycles. The first-order chi connectivity index (χ1) is 7.58. The zero-order valence-electron chi connectivity index (χ0n) is 9.09. The van der Waals surface area contributed by atoms with Gasteiger partial charge in [-0.2, -0.15) is 0 Å². The Hall–Kier alpha value is -2.16. The lowest BCUT2D eigenvalue weighted by Gasteiger charge is -1.90. The number of nitrogen functional groups attached to an aromatic ring is 1. The highest BCUT2D eigenvalue weighted by atomic mass is 16.3. The number of benzene rings is 2. The maximum absolute atomic E-state index is 8.81. The van der Waals surface area contributed by atoms with E-state index in [4.69, 9.17) is 15.9 Å². The van der Waals surface area contributed by atoms with Gasteiger partial charge >= 0.3 is 0 Å². The zero-order valence-corrected chi connectivity index (χ0v) is 9.09. The lowest BCUT2D eigenvalue weighted by molar-refractivity contribution is 0.474. The lowest BCUT2D eigenvalue weighted by atomic mass is 10.2. The Bertz CT molecular complexity index is 377. The molecule has 0 aliphatic carbocycles. The largest absolute Gasteiger partial charge is 0.508 e. The minimum atomic E-state index is 0.213. The number of rotatable bonds is 0. The van der Waals surface area contributed by atoms with Gasteiger partial charge in [0.1, 0.15) is 11.5 Å². The molecule has 0 heterocycles. The molecule has 0 spiro atoms. The maximum atomic E-state index is 8.81. The molecule has 16 heavy (non-hydrogen) atoms. The van der Waals surface area contributed by atoms with Gasteiger partial charge in [-0.25, -0.2) is 0 Å². The van der Waals surface area contributed by atoms with E-state index in [9.17, 15) is 0 Å². The molecule has 0 radical (unpaired) electrons. The van der Waals surface area contributed by atoms with Crippen LogP contribution in [-0.4, -0.2) is 10.2 Å². The van der Waals surface area contributed by atoms with Gasteiger partial charge in [0.25, 0.3) is 0 Å². The van der Waals surface area contributed by atoms with Crippen LogP contribution in [0.4, 0.5) is 5.69 Å². The van der Waals surface area contributed by atoms with Crippen molar-refractivity contribution < 1.29 is 10.2 Å². The predicted octanol–water partition coefficient (Wildman–Crippen LogP) is 2.68. The summed E-state index contributed by atoms with van der Waals surface area (Å²) >= 11 is 0. The molecular formula is C13H15NO2. The van der Waals surface area contributed by atoms with E-state index in [0.717, 1.165) is 5.56 Å². The summed E-state index contributed by atoms with van der Waals surface area (Å²) in [7, 11) is 0. The fourth-order valence-corrected chi connectivity index (χ4v) is 1.15. The first-order valence-electron chi connectivity index (χ1n) is 4.88. The van der Waals surface area contributed by atoms with Crippen LogP contribution in [0.25, 0.3) is 0 Å². The first kappa shape index (κ1) is 11.9. The third kappa shape index (κ3) is 4.37. The summed E-state index contributed by atoms with van der Waals surface area (Å²) in [5, 5.41) is 17.5. The molecule has 2 rings (SSSR count). The van der Waals surface area contributed by atoms with Crippen LogP contribution in [0.2, 0.25) is 0 Å². The molecule has 0 aliphatic rings. The normalized spacial score (nSPS) is 9.06. The van der Waals surface area contributed by atoms with Gasteiger partial charge in [0.15, 0.2) is 0 Å². The minimum Gasteiger partial charge on any atom is -0.508 e. The van der Waals surface area contributed by atoms with Gasteiger partial charge in [-0.3, -0.25) is 0 Å². The van der Waals surface area contributed by atoms with E-state index in [1.165, 1.54) is 6.07 Å². The summed E-state index contributed by atoms with van der Waals surface area (Å²) < 4.78 is 0. The van der Waals surface area contributed by atoms with Crippen molar-refractivity contribution in [1.82, 2.24) is 0 Å². The van der Waals surface area contributed by atoms with E-state index in [1.807, 2.05) is 19.1 Å². The molecule has 0 aromatic heterocycles. The highest BCUT2D eigenvalue weighted by molar-refractivity contribution is 5.42. The average molecular weight is 217 g/mol. The fourth-order valence-electron chi connectivity index (χ4n) is 1.15. The van der Waals surface area contributed by atoms with E-state index in [1.54, 1.807) is 30.3 Å². The Kier molecular flexibility index (Phi) is 4.21. The molecule has 0 fully saturated rings. The summed E-state index contributed by atoms with van der Waals surface area (Å²) in [4.78, 5) is 0. The summed E-state index contributed by atoms with van der Waals surface area (Å²) in [6, 6.07) is 13.7. The van der Waals surface area contributed by atoms with Crippen molar-refractivity contribution in [1.29, 1.82) is 0 Å². The first-order valence-corrected chi connectivity index (χ1v) is 4.88. The molecule has 0 unspecified atom stereocenters. The van der Waals surface area contributed by atoms with Crippen LogP contribution in [0.1, 0.15) is 5.56 Å². The highest BCUT2D eigenvalue weighted by Gasteiger charge is 1.84. The van der Waals surface area contributed by atoms with Gasteiger partial charge < -0.3 is 15.9 Å². The minimum absolute atomic E-state index is 0.213. The van der Waals surface area contributed by atoms with E-state index < -0.39 is 0 Å². The quantitative estimate of drug-likeness (QED) is 0.594. The lowest BCUT2D eigenvalue weighted by Crippen LogP contribution is -1.80. The molecule has 0 bridgehead atoms. The third-order valence-corrected chi connectivity index (χ3v) is 1.87. The number of aryl methyl sites for hydroxylation is 1. The van der Waals surface area contributed by atoms with Crippen LogP contribution in [0.5, 0.6) is 11.5 Å². The molecule has 0 atom stereocenters. The second-order valence-electron chi connectivity index (χ2n) is 3.43. The van der Waals surface area contributed by atoms with E-state index in [0.29, 0.717) is 11.4 Å². The molecule has 0 saturated heterocycles. The predicted molar refractivity (Wildman–Crippen MR) is 65.4 cm³/mol. The van der Waals surface area contributed by atoms with Crippen LogP contribution >= 0.6 is 0 Å².